The SMILES string of the molecule is O=C(NC1CCCC1Cl)c1cccc(C(F)(F)F)c1. The highest BCUT2D eigenvalue weighted by Crippen LogP contribution is 2.30. The van der Waals surface area contributed by atoms with Crippen LogP contribution in [0.25, 0.3) is 0 Å². The molecule has 0 radical (unpaired) electrons. The largest absolute Gasteiger partial charge is 0.416 e. The average Bonchev–Trinajstić information content (AvgIpc) is 2.74. The first-order valence-corrected chi connectivity index (χ1v) is 6.44. The van der Waals surface area contributed by atoms with E-state index < -0.39 is 17.6 Å². The molecule has 1 amide bonds. The molecule has 6 heteroatoms. The van der Waals surface area contributed by atoms with Crippen LogP contribution in [0, 0.1) is 0 Å². The van der Waals surface area contributed by atoms with Crippen LogP contribution in [0.3, 0.4) is 0 Å². The topological polar surface area (TPSA) is 29.1 Å². The van der Waals surface area contributed by atoms with Gasteiger partial charge in [0.25, 0.3) is 5.91 Å². The van der Waals surface area contributed by atoms with Crippen molar-refractivity contribution in [3.63, 3.8) is 0 Å². The van der Waals surface area contributed by atoms with Crippen LogP contribution in [-0.2, 0) is 6.18 Å². The Morgan fingerprint density at radius 3 is 2.63 bits per heavy atom. The lowest BCUT2D eigenvalue weighted by Crippen LogP contribution is -2.37. The monoisotopic (exact) mass is 291 g/mol. The number of hydrogen-bond acceptors (Lipinski definition) is 1. The van der Waals surface area contributed by atoms with Crippen LogP contribution >= 0.6 is 11.6 Å². The fourth-order valence-electron chi connectivity index (χ4n) is 2.17. The minimum absolute atomic E-state index is 0.00518. The second kappa shape index (κ2) is 5.41. The predicted molar refractivity (Wildman–Crippen MR) is 66.2 cm³/mol. The van der Waals surface area contributed by atoms with E-state index in [4.69, 9.17) is 11.6 Å². The Balaban J connectivity index is 2.11. The number of nitrogens with one attached hydrogen (secondary N) is 1. The van der Waals surface area contributed by atoms with E-state index in [0.717, 1.165) is 31.4 Å². The molecule has 1 N–H and O–H groups in total. The summed E-state index contributed by atoms with van der Waals surface area (Å²) in [7, 11) is 0. The zero-order chi connectivity index (χ0) is 14.0. The van der Waals surface area contributed by atoms with Crippen molar-refractivity contribution >= 4 is 17.5 Å². The zero-order valence-electron chi connectivity index (χ0n) is 10.0. The fourth-order valence-corrected chi connectivity index (χ4v) is 2.51. The molecule has 1 saturated carbocycles. The van der Waals surface area contributed by atoms with Crippen molar-refractivity contribution in [2.75, 3.05) is 0 Å². The molecule has 2 atom stereocenters. The number of benzene rings is 1. The third-order valence-electron chi connectivity index (χ3n) is 3.20. The van der Waals surface area contributed by atoms with E-state index in [-0.39, 0.29) is 17.0 Å². The summed E-state index contributed by atoms with van der Waals surface area (Å²) in [6.07, 6.45) is -1.95. The summed E-state index contributed by atoms with van der Waals surface area (Å²) in [6.45, 7) is 0. The Bertz CT molecular complexity index is 475. The highest BCUT2D eigenvalue weighted by Gasteiger charge is 2.31. The van der Waals surface area contributed by atoms with Crippen molar-refractivity contribution in [1.29, 1.82) is 0 Å². The van der Waals surface area contributed by atoms with E-state index in [1.165, 1.54) is 12.1 Å². The molecule has 0 aliphatic heterocycles. The molecule has 0 heterocycles. The zero-order valence-corrected chi connectivity index (χ0v) is 10.8. The number of rotatable bonds is 2. The molecular formula is C13H13ClF3NO. The first-order valence-electron chi connectivity index (χ1n) is 6.00. The smallest absolute Gasteiger partial charge is 0.348 e. The van der Waals surface area contributed by atoms with Gasteiger partial charge in [-0.1, -0.05) is 6.07 Å². The van der Waals surface area contributed by atoms with E-state index in [0.29, 0.717) is 0 Å². The highest BCUT2D eigenvalue weighted by molar-refractivity contribution is 6.21. The third-order valence-corrected chi connectivity index (χ3v) is 3.72. The Kier molecular flexibility index (Phi) is 4.04. The molecular weight excluding hydrogens is 279 g/mol. The predicted octanol–water partition coefficient (Wildman–Crippen LogP) is 3.60. The van der Waals surface area contributed by atoms with Crippen LogP contribution < -0.4 is 5.32 Å². The minimum atomic E-state index is -4.45. The van der Waals surface area contributed by atoms with E-state index in [1.807, 2.05) is 0 Å². The maximum Gasteiger partial charge on any atom is 0.416 e. The van der Waals surface area contributed by atoms with Gasteiger partial charge < -0.3 is 5.32 Å². The molecule has 1 aliphatic rings. The Hall–Kier alpha value is -1.23. The molecule has 1 aliphatic carbocycles. The van der Waals surface area contributed by atoms with E-state index in [9.17, 15) is 18.0 Å². The van der Waals surface area contributed by atoms with Crippen LogP contribution in [0.15, 0.2) is 24.3 Å². The van der Waals surface area contributed by atoms with Crippen molar-refractivity contribution in [3.05, 3.63) is 35.4 Å². The highest BCUT2D eigenvalue weighted by atomic mass is 35.5. The normalized spacial score (nSPS) is 23.4. The van der Waals surface area contributed by atoms with Gasteiger partial charge in [0.2, 0.25) is 0 Å². The van der Waals surface area contributed by atoms with Gasteiger partial charge >= 0.3 is 6.18 Å². The van der Waals surface area contributed by atoms with Crippen molar-refractivity contribution in [2.24, 2.45) is 0 Å². The minimum Gasteiger partial charge on any atom is -0.348 e. The van der Waals surface area contributed by atoms with E-state index in [2.05, 4.69) is 5.32 Å². The maximum atomic E-state index is 12.5. The fraction of sp³-hybridized carbons (Fsp3) is 0.462. The molecule has 2 rings (SSSR count). The number of carbonyl (C=O) groups excluding carboxylic acids is 1. The lowest BCUT2D eigenvalue weighted by molar-refractivity contribution is -0.137. The molecule has 0 spiro atoms. The second-order valence-corrected chi connectivity index (χ2v) is 5.17. The van der Waals surface area contributed by atoms with Crippen LogP contribution in [-0.4, -0.2) is 17.3 Å². The van der Waals surface area contributed by atoms with Gasteiger partial charge in [-0.25, -0.2) is 0 Å². The molecule has 2 nitrogen and oxygen atoms in total. The standard InChI is InChI=1S/C13H13ClF3NO/c14-10-5-2-6-11(10)18-12(19)8-3-1-4-9(7-8)13(15,16)17/h1,3-4,7,10-11H,2,5-6H2,(H,18,19). The Morgan fingerprint density at radius 2 is 2.05 bits per heavy atom. The third kappa shape index (κ3) is 3.41. The van der Waals surface area contributed by atoms with Crippen LogP contribution in [0.2, 0.25) is 0 Å². The molecule has 0 saturated heterocycles. The van der Waals surface area contributed by atoms with Gasteiger partial charge in [0.15, 0.2) is 0 Å². The average molecular weight is 292 g/mol. The lowest BCUT2D eigenvalue weighted by Gasteiger charge is -2.16. The van der Waals surface area contributed by atoms with Crippen molar-refractivity contribution in [3.8, 4) is 0 Å². The van der Waals surface area contributed by atoms with Gasteiger partial charge in [0, 0.05) is 11.6 Å². The number of amides is 1. The van der Waals surface area contributed by atoms with Crippen LogP contribution in [0.5, 0.6) is 0 Å². The van der Waals surface area contributed by atoms with Crippen molar-refractivity contribution < 1.29 is 18.0 Å². The number of carbonyl (C=O) groups is 1. The van der Waals surface area contributed by atoms with Crippen LogP contribution in [0.4, 0.5) is 13.2 Å². The molecule has 0 bridgehead atoms. The molecule has 1 fully saturated rings. The van der Waals surface area contributed by atoms with Gasteiger partial charge in [-0.3, -0.25) is 4.79 Å². The molecule has 0 aromatic heterocycles. The summed E-state index contributed by atoms with van der Waals surface area (Å²) in [5.74, 6) is -0.511. The lowest BCUT2D eigenvalue weighted by atomic mass is 10.1. The molecule has 2 unspecified atom stereocenters. The quantitative estimate of drug-likeness (QED) is 0.829. The summed E-state index contributed by atoms with van der Waals surface area (Å²) in [5, 5.41) is 2.54. The van der Waals surface area contributed by atoms with Gasteiger partial charge in [-0.15, -0.1) is 11.6 Å². The number of halogens is 4. The number of alkyl halides is 4. The summed E-state index contributed by atoms with van der Waals surface area (Å²) in [4.78, 5) is 11.9. The summed E-state index contributed by atoms with van der Waals surface area (Å²) in [6, 6.07) is 4.22. The van der Waals surface area contributed by atoms with Crippen LogP contribution in [0.1, 0.15) is 35.2 Å². The maximum absolute atomic E-state index is 12.5. The summed E-state index contributed by atoms with van der Waals surface area (Å²) in [5.41, 5.74) is -0.820. The van der Waals surface area contributed by atoms with Gasteiger partial charge in [0.05, 0.1) is 10.9 Å². The van der Waals surface area contributed by atoms with Gasteiger partial charge in [-0.2, -0.15) is 13.2 Å². The first kappa shape index (κ1) is 14.2. The van der Waals surface area contributed by atoms with E-state index >= 15 is 0 Å². The summed E-state index contributed by atoms with van der Waals surface area (Å²) < 4.78 is 37.6. The van der Waals surface area contributed by atoms with Crippen molar-refractivity contribution in [2.45, 2.75) is 36.9 Å². The van der Waals surface area contributed by atoms with E-state index in [1.54, 1.807) is 0 Å². The summed E-state index contributed by atoms with van der Waals surface area (Å²) >= 11 is 6.02. The first-order chi connectivity index (χ1) is 8.88. The van der Waals surface area contributed by atoms with Gasteiger partial charge in [-0.05, 0) is 37.5 Å². The second-order valence-electron chi connectivity index (χ2n) is 4.61. The molecule has 19 heavy (non-hydrogen) atoms. The Labute approximate surface area is 113 Å². The Morgan fingerprint density at radius 1 is 1.32 bits per heavy atom. The number of hydrogen-bond donors (Lipinski definition) is 1. The molecule has 104 valence electrons. The molecule has 1 aromatic rings. The van der Waals surface area contributed by atoms with Crippen molar-refractivity contribution in [1.82, 2.24) is 5.32 Å². The molecule has 1 aromatic carbocycles. The van der Waals surface area contributed by atoms with Gasteiger partial charge in [0.1, 0.15) is 0 Å².